The summed E-state index contributed by atoms with van der Waals surface area (Å²) in [6, 6.07) is 0. The summed E-state index contributed by atoms with van der Waals surface area (Å²) < 4.78 is 4.61. The smallest absolute Gasteiger partial charge is 0.203 e. The van der Waals surface area contributed by atoms with Crippen LogP contribution in [0.4, 0.5) is 5.95 Å². The van der Waals surface area contributed by atoms with Crippen molar-refractivity contribution in [2.45, 2.75) is 26.3 Å². The summed E-state index contributed by atoms with van der Waals surface area (Å²) in [7, 11) is 1.93. The number of aryl methyl sites for hydroxylation is 3. The van der Waals surface area contributed by atoms with Crippen molar-refractivity contribution in [2.75, 3.05) is 12.4 Å². The second-order valence-corrected chi connectivity index (χ2v) is 5.96. The molecule has 1 aromatic heterocycles. The second kappa shape index (κ2) is 3.99. The number of imidazole rings is 1. The van der Waals surface area contributed by atoms with Gasteiger partial charge in [0.05, 0.1) is 11.0 Å². The number of rotatable bonds is 1. The van der Waals surface area contributed by atoms with E-state index in [-0.39, 0.29) is 0 Å². The molecule has 1 aliphatic heterocycles. The fourth-order valence-electron chi connectivity index (χ4n) is 2.58. The first-order valence-electron chi connectivity index (χ1n) is 5.69. The van der Waals surface area contributed by atoms with Crippen molar-refractivity contribution >= 4 is 48.8 Å². The number of hydrogen-bond donors (Lipinski definition) is 1. The molecule has 3 nitrogen and oxygen atoms in total. The van der Waals surface area contributed by atoms with Crippen molar-refractivity contribution in [3.8, 4) is 0 Å². The Labute approximate surface area is 117 Å². The Morgan fingerprint density at radius 3 is 2.76 bits per heavy atom. The maximum Gasteiger partial charge on any atom is 0.203 e. The molecule has 1 N–H and O–H groups in total. The topological polar surface area (TPSA) is 29.9 Å². The number of anilines is 1. The standard InChI is InChI=1S/C12H13Br2N3/c1-6-8(13)9(14)7-4-3-5-17-11(7)10(6)16-12(17)15-2/h3-5H2,1-2H3,(H,15,16). The molecule has 0 amide bonds. The molecule has 17 heavy (non-hydrogen) atoms. The van der Waals surface area contributed by atoms with Gasteiger partial charge in [0.1, 0.15) is 0 Å². The van der Waals surface area contributed by atoms with Crippen molar-refractivity contribution in [2.24, 2.45) is 0 Å². The Bertz CT molecular complexity index is 616. The quantitative estimate of drug-likeness (QED) is 0.838. The molecule has 2 aromatic rings. The highest BCUT2D eigenvalue weighted by molar-refractivity contribution is 9.13. The highest BCUT2D eigenvalue weighted by atomic mass is 79.9. The monoisotopic (exact) mass is 357 g/mol. The molecule has 0 saturated heterocycles. The van der Waals surface area contributed by atoms with E-state index in [4.69, 9.17) is 4.98 Å². The Hall–Kier alpha value is -0.550. The molecule has 5 heteroatoms. The number of nitrogens with zero attached hydrogens (tertiary/aromatic N) is 2. The molecule has 0 radical (unpaired) electrons. The molecule has 3 rings (SSSR count). The first-order chi connectivity index (χ1) is 8.15. The third-order valence-corrected chi connectivity index (χ3v) is 5.83. The normalized spacial score (nSPS) is 14.4. The molecule has 0 unspecified atom stereocenters. The number of halogens is 2. The maximum atomic E-state index is 4.71. The third kappa shape index (κ3) is 1.48. The second-order valence-electron chi connectivity index (χ2n) is 4.37. The zero-order valence-corrected chi connectivity index (χ0v) is 12.9. The summed E-state index contributed by atoms with van der Waals surface area (Å²) in [4.78, 5) is 4.71. The van der Waals surface area contributed by atoms with Gasteiger partial charge in [0.2, 0.25) is 5.95 Å². The molecular formula is C12H13Br2N3. The minimum Gasteiger partial charge on any atom is -0.359 e. The molecule has 1 aromatic carbocycles. The number of aromatic nitrogens is 2. The molecule has 2 heterocycles. The zero-order valence-electron chi connectivity index (χ0n) is 9.77. The lowest BCUT2D eigenvalue weighted by molar-refractivity contribution is 0.636. The first-order valence-corrected chi connectivity index (χ1v) is 7.28. The van der Waals surface area contributed by atoms with E-state index < -0.39 is 0 Å². The average Bonchev–Trinajstić information content (AvgIpc) is 2.73. The molecule has 0 fully saturated rings. The highest BCUT2D eigenvalue weighted by Crippen LogP contribution is 2.40. The van der Waals surface area contributed by atoms with Crippen LogP contribution >= 0.6 is 31.9 Å². The van der Waals surface area contributed by atoms with E-state index in [0.717, 1.165) is 28.9 Å². The van der Waals surface area contributed by atoms with E-state index >= 15 is 0 Å². The van der Waals surface area contributed by atoms with Crippen molar-refractivity contribution in [1.29, 1.82) is 0 Å². The fraction of sp³-hybridized carbons (Fsp3) is 0.417. The minimum absolute atomic E-state index is 0.967. The Morgan fingerprint density at radius 1 is 1.29 bits per heavy atom. The number of nitrogens with one attached hydrogen (secondary N) is 1. The van der Waals surface area contributed by atoms with Gasteiger partial charge in [-0.1, -0.05) is 0 Å². The Balaban J connectivity index is 2.51. The number of benzene rings is 1. The molecule has 0 atom stereocenters. The van der Waals surface area contributed by atoms with Gasteiger partial charge in [-0.15, -0.1) is 0 Å². The van der Waals surface area contributed by atoms with Crippen LogP contribution in [0.3, 0.4) is 0 Å². The van der Waals surface area contributed by atoms with Crippen LogP contribution in [0.25, 0.3) is 11.0 Å². The Kier molecular flexibility index (Phi) is 2.70. The van der Waals surface area contributed by atoms with Gasteiger partial charge in [0.15, 0.2) is 0 Å². The maximum absolute atomic E-state index is 4.71. The molecule has 0 saturated carbocycles. The van der Waals surface area contributed by atoms with Crippen LogP contribution in [0.15, 0.2) is 8.95 Å². The third-order valence-electron chi connectivity index (χ3n) is 3.43. The van der Waals surface area contributed by atoms with Gasteiger partial charge in [-0.05, 0) is 62.8 Å². The van der Waals surface area contributed by atoms with Crippen LogP contribution in [0.2, 0.25) is 0 Å². The summed E-state index contributed by atoms with van der Waals surface area (Å²) >= 11 is 7.36. The summed E-state index contributed by atoms with van der Waals surface area (Å²) in [6.07, 6.45) is 2.28. The predicted molar refractivity (Wildman–Crippen MR) is 77.7 cm³/mol. The van der Waals surface area contributed by atoms with Crippen LogP contribution < -0.4 is 5.32 Å². The molecule has 0 bridgehead atoms. The van der Waals surface area contributed by atoms with Crippen molar-refractivity contribution < 1.29 is 0 Å². The van der Waals surface area contributed by atoms with Crippen LogP contribution in [-0.2, 0) is 13.0 Å². The lowest BCUT2D eigenvalue weighted by Gasteiger charge is -2.19. The highest BCUT2D eigenvalue weighted by Gasteiger charge is 2.23. The summed E-state index contributed by atoms with van der Waals surface area (Å²) in [5.41, 5.74) is 4.97. The predicted octanol–water partition coefficient (Wildman–Crippen LogP) is 3.86. The SMILES string of the molecule is CNc1nc2c(C)c(Br)c(Br)c3c2n1CCC3. The molecule has 1 aliphatic rings. The lowest BCUT2D eigenvalue weighted by atomic mass is 10.0. The first kappa shape index (κ1) is 11.5. The Morgan fingerprint density at radius 2 is 2.06 bits per heavy atom. The van der Waals surface area contributed by atoms with Crippen LogP contribution in [0.1, 0.15) is 17.5 Å². The van der Waals surface area contributed by atoms with Crippen LogP contribution in [0.5, 0.6) is 0 Å². The molecular weight excluding hydrogens is 346 g/mol. The van der Waals surface area contributed by atoms with E-state index in [1.54, 1.807) is 0 Å². The van der Waals surface area contributed by atoms with Gasteiger partial charge in [0.25, 0.3) is 0 Å². The van der Waals surface area contributed by atoms with Gasteiger partial charge in [-0.3, -0.25) is 0 Å². The van der Waals surface area contributed by atoms with Gasteiger partial charge in [-0.2, -0.15) is 0 Å². The van der Waals surface area contributed by atoms with Gasteiger partial charge in [-0.25, -0.2) is 4.98 Å². The summed E-state index contributed by atoms with van der Waals surface area (Å²) in [5.74, 6) is 0.967. The van der Waals surface area contributed by atoms with Crippen molar-refractivity contribution in [3.05, 3.63) is 20.1 Å². The molecule has 0 spiro atoms. The fourth-order valence-corrected chi connectivity index (χ4v) is 3.69. The zero-order chi connectivity index (χ0) is 12.2. The minimum atomic E-state index is 0.967. The van der Waals surface area contributed by atoms with Crippen LogP contribution in [-0.4, -0.2) is 16.6 Å². The lowest BCUT2D eigenvalue weighted by Crippen LogP contribution is -2.11. The van der Waals surface area contributed by atoms with Gasteiger partial charge in [0, 0.05) is 22.5 Å². The average molecular weight is 359 g/mol. The molecule has 0 aliphatic carbocycles. The van der Waals surface area contributed by atoms with Crippen LogP contribution in [0, 0.1) is 6.92 Å². The van der Waals surface area contributed by atoms with E-state index in [1.165, 1.54) is 27.5 Å². The van der Waals surface area contributed by atoms with E-state index in [2.05, 4.69) is 48.7 Å². The van der Waals surface area contributed by atoms with Gasteiger partial charge < -0.3 is 9.88 Å². The van der Waals surface area contributed by atoms with Crippen molar-refractivity contribution in [3.63, 3.8) is 0 Å². The van der Waals surface area contributed by atoms with Crippen molar-refractivity contribution in [1.82, 2.24) is 9.55 Å². The van der Waals surface area contributed by atoms with E-state index in [1.807, 2.05) is 7.05 Å². The van der Waals surface area contributed by atoms with E-state index in [0.29, 0.717) is 0 Å². The van der Waals surface area contributed by atoms with Gasteiger partial charge >= 0.3 is 0 Å². The number of hydrogen-bond acceptors (Lipinski definition) is 2. The summed E-state index contributed by atoms with van der Waals surface area (Å²) in [5, 5.41) is 3.18. The molecule has 90 valence electrons. The summed E-state index contributed by atoms with van der Waals surface area (Å²) in [6.45, 7) is 3.16. The largest absolute Gasteiger partial charge is 0.359 e. The van der Waals surface area contributed by atoms with E-state index in [9.17, 15) is 0 Å².